The molecular formula is C25H23N3O5S2. The van der Waals surface area contributed by atoms with Crippen LogP contribution >= 0.6 is 24.0 Å². The van der Waals surface area contributed by atoms with Gasteiger partial charge in [-0.05, 0) is 43.2 Å². The van der Waals surface area contributed by atoms with E-state index in [1.165, 1.54) is 9.80 Å². The lowest BCUT2D eigenvalue weighted by Crippen LogP contribution is -2.36. The number of hydrogen-bond acceptors (Lipinski definition) is 7. The Morgan fingerprint density at radius 1 is 1.14 bits per heavy atom. The van der Waals surface area contributed by atoms with Gasteiger partial charge in [-0.15, -0.1) is 0 Å². The van der Waals surface area contributed by atoms with Crippen molar-refractivity contribution in [2.75, 3.05) is 37.0 Å². The molecule has 2 saturated heterocycles. The number of hydrogen-bond donors (Lipinski definition) is 1. The van der Waals surface area contributed by atoms with Gasteiger partial charge in [-0.2, -0.15) is 0 Å². The highest BCUT2D eigenvalue weighted by atomic mass is 32.2. The van der Waals surface area contributed by atoms with Crippen molar-refractivity contribution in [3.8, 4) is 5.75 Å². The molecule has 0 aromatic heterocycles. The predicted octanol–water partition coefficient (Wildman–Crippen LogP) is 3.43. The highest BCUT2D eigenvalue weighted by Crippen LogP contribution is 2.44. The van der Waals surface area contributed by atoms with Crippen molar-refractivity contribution < 1.29 is 23.9 Å². The average molecular weight is 510 g/mol. The Morgan fingerprint density at radius 3 is 2.63 bits per heavy atom. The van der Waals surface area contributed by atoms with Crippen LogP contribution in [-0.4, -0.2) is 59.9 Å². The number of fused-ring (bicyclic) bond motifs is 1. The topological polar surface area (TPSA) is 88.2 Å². The van der Waals surface area contributed by atoms with E-state index in [-0.39, 0.29) is 30.0 Å². The minimum Gasteiger partial charge on any atom is -0.497 e. The van der Waals surface area contributed by atoms with E-state index in [9.17, 15) is 14.4 Å². The second-order valence-corrected chi connectivity index (χ2v) is 9.95. The third-order valence-electron chi connectivity index (χ3n) is 6.09. The van der Waals surface area contributed by atoms with Gasteiger partial charge in [-0.25, -0.2) is 0 Å². The summed E-state index contributed by atoms with van der Waals surface area (Å²) in [6.45, 7) is 0.868. The van der Waals surface area contributed by atoms with E-state index in [4.69, 9.17) is 21.7 Å². The summed E-state index contributed by atoms with van der Waals surface area (Å²) in [7, 11) is 1.57. The zero-order valence-corrected chi connectivity index (χ0v) is 20.6. The Kier molecular flexibility index (Phi) is 6.59. The van der Waals surface area contributed by atoms with E-state index >= 15 is 0 Å². The quantitative estimate of drug-likeness (QED) is 0.472. The molecule has 35 heavy (non-hydrogen) atoms. The van der Waals surface area contributed by atoms with Gasteiger partial charge in [0.2, 0.25) is 5.91 Å². The van der Waals surface area contributed by atoms with Crippen molar-refractivity contribution in [2.24, 2.45) is 0 Å². The summed E-state index contributed by atoms with van der Waals surface area (Å²) < 4.78 is 11.2. The number of para-hydroxylation sites is 1. The van der Waals surface area contributed by atoms with Crippen LogP contribution in [-0.2, 0) is 19.1 Å². The fraction of sp³-hybridized carbons (Fsp3) is 0.280. The van der Waals surface area contributed by atoms with Crippen molar-refractivity contribution in [3.05, 3.63) is 59.0 Å². The molecule has 0 bridgehead atoms. The van der Waals surface area contributed by atoms with Gasteiger partial charge >= 0.3 is 0 Å². The molecule has 10 heteroatoms. The number of nitrogens with zero attached hydrogens (tertiary/aromatic N) is 2. The van der Waals surface area contributed by atoms with Crippen LogP contribution in [0.4, 0.5) is 11.4 Å². The molecule has 2 aromatic rings. The Bertz CT molecular complexity index is 1240. The first kappa shape index (κ1) is 23.5. The number of thiocarbonyl (C=S) groups is 1. The van der Waals surface area contributed by atoms with Crippen molar-refractivity contribution >= 4 is 63.0 Å². The lowest BCUT2D eigenvalue weighted by Gasteiger charge is -2.18. The van der Waals surface area contributed by atoms with Gasteiger partial charge in [0.05, 0.1) is 35.9 Å². The fourth-order valence-electron chi connectivity index (χ4n) is 4.37. The first-order chi connectivity index (χ1) is 17.0. The van der Waals surface area contributed by atoms with Gasteiger partial charge in [-0.3, -0.25) is 24.2 Å². The SMILES string of the molecule is COc1ccc(NC(=O)CN2C(=O)/C(=C3\SC(=S)N(C[C@H]4CCCO4)C3=O)c3ccccc32)cc1. The molecule has 0 radical (unpaired) electrons. The van der Waals surface area contributed by atoms with Crippen LogP contribution in [0.15, 0.2) is 53.4 Å². The number of nitrogens with one attached hydrogen (secondary N) is 1. The normalized spacial score (nSPS) is 21.6. The third-order valence-corrected chi connectivity index (χ3v) is 7.53. The molecule has 3 amide bonds. The van der Waals surface area contributed by atoms with Gasteiger partial charge in [0.15, 0.2) is 0 Å². The zero-order chi connectivity index (χ0) is 24.5. The third kappa shape index (κ3) is 4.56. The molecule has 3 aliphatic rings. The Balaban J connectivity index is 1.39. The van der Waals surface area contributed by atoms with Gasteiger partial charge in [0, 0.05) is 17.9 Å². The van der Waals surface area contributed by atoms with Crippen LogP contribution in [0.5, 0.6) is 5.75 Å². The highest BCUT2D eigenvalue weighted by molar-refractivity contribution is 8.26. The molecule has 0 aliphatic carbocycles. The summed E-state index contributed by atoms with van der Waals surface area (Å²) in [4.78, 5) is 42.9. The minimum absolute atomic E-state index is 0.0495. The molecule has 2 aromatic carbocycles. The van der Waals surface area contributed by atoms with Crippen LogP contribution in [0.2, 0.25) is 0 Å². The van der Waals surface area contributed by atoms with Crippen LogP contribution in [0.3, 0.4) is 0 Å². The van der Waals surface area contributed by atoms with Crippen molar-refractivity contribution in [3.63, 3.8) is 0 Å². The van der Waals surface area contributed by atoms with Crippen molar-refractivity contribution in [1.82, 2.24) is 4.90 Å². The lowest BCUT2D eigenvalue weighted by molar-refractivity contribution is -0.123. The van der Waals surface area contributed by atoms with Gasteiger partial charge in [0.25, 0.3) is 11.8 Å². The number of carbonyl (C=O) groups excluding carboxylic acids is 3. The standard InChI is InChI=1S/C25H23N3O5S2/c1-32-16-10-8-15(9-11-16)26-20(29)14-27-19-7-3-2-6-18(19)21(23(27)30)22-24(31)28(25(34)35-22)13-17-5-4-12-33-17/h2-3,6-11,17H,4-5,12-14H2,1H3,(H,26,29)/b22-21-/t17-/m1/s1. The van der Waals surface area contributed by atoms with E-state index in [1.807, 2.05) is 0 Å². The van der Waals surface area contributed by atoms with Crippen LogP contribution in [0, 0.1) is 0 Å². The summed E-state index contributed by atoms with van der Waals surface area (Å²) in [5.74, 6) is -0.370. The Labute approximate surface area is 212 Å². The largest absolute Gasteiger partial charge is 0.497 e. The second-order valence-electron chi connectivity index (χ2n) is 8.31. The fourth-order valence-corrected chi connectivity index (χ4v) is 5.72. The number of ether oxygens (including phenoxy) is 2. The van der Waals surface area contributed by atoms with E-state index < -0.39 is 5.91 Å². The number of anilines is 2. The number of methoxy groups -OCH3 is 1. The lowest BCUT2D eigenvalue weighted by atomic mass is 10.1. The van der Waals surface area contributed by atoms with Crippen molar-refractivity contribution in [2.45, 2.75) is 18.9 Å². The summed E-state index contributed by atoms with van der Waals surface area (Å²) in [5, 5.41) is 2.80. The number of benzene rings is 2. The molecular weight excluding hydrogens is 486 g/mol. The van der Waals surface area contributed by atoms with Gasteiger partial charge in [-0.1, -0.05) is 42.2 Å². The highest BCUT2D eigenvalue weighted by Gasteiger charge is 2.43. The summed E-state index contributed by atoms with van der Waals surface area (Å²) in [5.41, 5.74) is 2.07. The zero-order valence-electron chi connectivity index (χ0n) is 19.0. The summed E-state index contributed by atoms with van der Waals surface area (Å²) in [6, 6.07) is 14.1. The number of thioether (sulfide) groups is 1. The molecule has 2 fully saturated rings. The Hall–Kier alpha value is -3.21. The smallest absolute Gasteiger partial charge is 0.267 e. The Morgan fingerprint density at radius 2 is 1.91 bits per heavy atom. The molecule has 5 rings (SSSR count). The maximum absolute atomic E-state index is 13.5. The molecule has 1 N–H and O–H groups in total. The predicted molar refractivity (Wildman–Crippen MR) is 138 cm³/mol. The second kappa shape index (κ2) is 9.80. The summed E-state index contributed by atoms with van der Waals surface area (Å²) in [6.07, 6.45) is 1.79. The molecule has 0 spiro atoms. The number of amides is 3. The van der Waals surface area contributed by atoms with E-state index in [2.05, 4.69) is 5.32 Å². The maximum atomic E-state index is 13.5. The molecule has 0 saturated carbocycles. The first-order valence-corrected chi connectivity index (χ1v) is 12.4. The van der Waals surface area contributed by atoms with E-state index in [0.717, 1.165) is 24.6 Å². The minimum atomic E-state index is -0.395. The van der Waals surface area contributed by atoms with Crippen molar-refractivity contribution in [1.29, 1.82) is 0 Å². The van der Waals surface area contributed by atoms with E-state index in [1.54, 1.807) is 55.6 Å². The van der Waals surface area contributed by atoms with Gasteiger partial charge < -0.3 is 14.8 Å². The average Bonchev–Trinajstić information content (AvgIpc) is 3.54. The van der Waals surface area contributed by atoms with E-state index in [0.29, 0.717) is 45.1 Å². The van der Waals surface area contributed by atoms with Crippen LogP contribution in [0.1, 0.15) is 18.4 Å². The van der Waals surface area contributed by atoms with Crippen LogP contribution < -0.4 is 15.0 Å². The molecule has 3 heterocycles. The first-order valence-electron chi connectivity index (χ1n) is 11.2. The monoisotopic (exact) mass is 509 g/mol. The molecule has 180 valence electrons. The molecule has 0 unspecified atom stereocenters. The number of carbonyl (C=O) groups is 3. The number of rotatable bonds is 6. The maximum Gasteiger partial charge on any atom is 0.267 e. The van der Waals surface area contributed by atoms with Crippen LogP contribution in [0.25, 0.3) is 5.57 Å². The molecule has 1 atom stereocenters. The molecule has 3 aliphatic heterocycles. The molecule has 8 nitrogen and oxygen atoms in total. The summed E-state index contributed by atoms with van der Waals surface area (Å²) >= 11 is 6.60. The van der Waals surface area contributed by atoms with Gasteiger partial charge in [0.1, 0.15) is 16.6 Å².